The largest absolute Gasteiger partial charge is 0.465 e. The number of carbonyl (C=O) groups excluding carboxylic acids is 2. The Morgan fingerprint density at radius 3 is 2.58 bits per heavy atom. The van der Waals surface area contributed by atoms with Gasteiger partial charge in [0.2, 0.25) is 0 Å². The van der Waals surface area contributed by atoms with Crippen LogP contribution in [0.25, 0.3) is 0 Å². The quantitative estimate of drug-likeness (QED) is 0.608. The zero-order valence-corrected chi connectivity index (χ0v) is 15.1. The molecule has 0 spiro atoms. The highest BCUT2D eigenvalue weighted by molar-refractivity contribution is 7.14. The average Bonchev–Trinajstić information content (AvgIpc) is 3.16. The molecule has 1 aromatic heterocycles. The predicted octanol–water partition coefficient (Wildman–Crippen LogP) is 2.25. The minimum Gasteiger partial charge on any atom is -0.465 e. The highest BCUT2D eigenvalue weighted by Crippen LogP contribution is 2.27. The monoisotopic (exact) mass is 379 g/mol. The Morgan fingerprint density at radius 1 is 1.15 bits per heavy atom. The van der Waals surface area contributed by atoms with E-state index in [1.54, 1.807) is 6.07 Å². The molecule has 26 heavy (non-hydrogen) atoms. The summed E-state index contributed by atoms with van der Waals surface area (Å²) in [6.45, 7) is 0.296. The third-order valence-electron chi connectivity index (χ3n) is 3.59. The van der Waals surface area contributed by atoms with E-state index in [9.17, 15) is 19.8 Å². The van der Waals surface area contributed by atoms with Gasteiger partial charge in [-0.05, 0) is 24.1 Å². The van der Waals surface area contributed by atoms with Gasteiger partial charge in [0.05, 0.1) is 13.2 Å². The zero-order chi connectivity index (χ0) is 18.9. The average molecular weight is 379 g/mol. The van der Waals surface area contributed by atoms with Crippen molar-refractivity contribution in [1.29, 1.82) is 0 Å². The fourth-order valence-corrected chi connectivity index (χ4v) is 3.14. The zero-order valence-electron chi connectivity index (χ0n) is 14.3. The van der Waals surface area contributed by atoms with E-state index in [2.05, 4.69) is 10.1 Å². The number of rotatable bonds is 8. The van der Waals surface area contributed by atoms with Gasteiger partial charge in [-0.25, -0.2) is 9.59 Å². The minimum absolute atomic E-state index is 0.132. The maximum Gasteiger partial charge on any atom is 0.407 e. The van der Waals surface area contributed by atoms with E-state index in [1.165, 1.54) is 13.2 Å². The topological polar surface area (TPSA) is 105 Å². The van der Waals surface area contributed by atoms with Crippen molar-refractivity contribution in [3.05, 3.63) is 57.8 Å². The summed E-state index contributed by atoms with van der Waals surface area (Å²) in [5, 5.41) is 22.7. The Labute approximate surface area is 155 Å². The van der Waals surface area contributed by atoms with Crippen molar-refractivity contribution in [1.82, 2.24) is 5.32 Å². The number of hydrogen-bond acceptors (Lipinski definition) is 7. The number of benzene rings is 1. The number of amides is 1. The SMILES string of the molecule is COC(=O)c1ccc(C(O)C(O)CCNC(=O)OCc2ccccc2)s1. The molecule has 0 aliphatic carbocycles. The molecule has 2 rings (SSSR count). The Bertz CT molecular complexity index is 717. The van der Waals surface area contributed by atoms with E-state index in [0.29, 0.717) is 9.75 Å². The van der Waals surface area contributed by atoms with Gasteiger partial charge in [0.25, 0.3) is 0 Å². The number of carbonyl (C=O) groups is 2. The maximum absolute atomic E-state index is 11.6. The lowest BCUT2D eigenvalue weighted by molar-refractivity contribution is 0.0157. The van der Waals surface area contributed by atoms with Gasteiger partial charge in [0, 0.05) is 11.4 Å². The fourth-order valence-electron chi connectivity index (χ4n) is 2.17. The summed E-state index contributed by atoms with van der Waals surface area (Å²) in [5.74, 6) is -0.495. The lowest BCUT2D eigenvalue weighted by Gasteiger charge is -2.16. The van der Waals surface area contributed by atoms with Crippen LogP contribution in [-0.2, 0) is 16.1 Å². The predicted molar refractivity (Wildman–Crippen MR) is 95.9 cm³/mol. The first-order chi connectivity index (χ1) is 12.5. The number of methoxy groups -OCH3 is 1. The molecule has 1 aromatic carbocycles. The summed E-state index contributed by atoms with van der Waals surface area (Å²) in [5.41, 5.74) is 0.872. The summed E-state index contributed by atoms with van der Waals surface area (Å²) in [7, 11) is 1.27. The molecule has 140 valence electrons. The number of hydrogen-bond donors (Lipinski definition) is 3. The third-order valence-corrected chi connectivity index (χ3v) is 4.73. The van der Waals surface area contributed by atoms with Crippen molar-refractivity contribution in [3.63, 3.8) is 0 Å². The van der Waals surface area contributed by atoms with Crippen LogP contribution >= 0.6 is 11.3 Å². The molecule has 0 saturated heterocycles. The van der Waals surface area contributed by atoms with Crippen LogP contribution < -0.4 is 5.32 Å². The first-order valence-corrected chi connectivity index (χ1v) is 8.81. The fraction of sp³-hybridized carbons (Fsp3) is 0.333. The van der Waals surface area contributed by atoms with Crippen LogP contribution in [0.5, 0.6) is 0 Å². The van der Waals surface area contributed by atoms with Crippen LogP contribution in [-0.4, -0.2) is 42.0 Å². The molecule has 1 heterocycles. The van der Waals surface area contributed by atoms with Crippen molar-refractivity contribution in [2.75, 3.05) is 13.7 Å². The first kappa shape index (κ1) is 19.9. The first-order valence-electron chi connectivity index (χ1n) is 8.00. The molecule has 3 N–H and O–H groups in total. The molecule has 2 unspecified atom stereocenters. The molecule has 8 heteroatoms. The van der Waals surface area contributed by atoms with Gasteiger partial charge in [0.15, 0.2) is 0 Å². The number of nitrogens with one attached hydrogen (secondary N) is 1. The van der Waals surface area contributed by atoms with Crippen LogP contribution in [0.1, 0.15) is 32.6 Å². The van der Waals surface area contributed by atoms with Gasteiger partial charge < -0.3 is 25.0 Å². The molecule has 0 aliphatic rings. The third kappa shape index (κ3) is 5.83. The normalized spacial score (nSPS) is 12.9. The van der Waals surface area contributed by atoms with Crippen molar-refractivity contribution in [2.45, 2.75) is 25.2 Å². The molecule has 1 amide bonds. The van der Waals surface area contributed by atoms with E-state index < -0.39 is 24.3 Å². The Hall–Kier alpha value is -2.42. The van der Waals surface area contributed by atoms with Crippen LogP contribution in [0.15, 0.2) is 42.5 Å². The summed E-state index contributed by atoms with van der Waals surface area (Å²) in [4.78, 5) is 23.8. The molecule has 0 aliphatic heterocycles. The molecule has 0 radical (unpaired) electrons. The van der Waals surface area contributed by atoms with Crippen molar-refractivity contribution in [2.24, 2.45) is 0 Å². The minimum atomic E-state index is -1.15. The summed E-state index contributed by atoms with van der Waals surface area (Å²) in [6, 6.07) is 12.4. The molecule has 0 bridgehead atoms. The number of thiophene rings is 1. The molecule has 2 atom stereocenters. The van der Waals surface area contributed by atoms with E-state index >= 15 is 0 Å². The van der Waals surface area contributed by atoms with Gasteiger partial charge >= 0.3 is 12.1 Å². The maximum atomic E-state index is 11.6. The highest BCUT2D eigenvalue weighted by Gasteiger charge is 2.21. The van der Waals surface area contributed by atoms with Crippen molar-refractivity contribution < 1.29 is 29.3 Å². The van der Waals surface area contributed by atoms with E-state index in [1.807, 2.05) is 30.3 Å². The number of aliphatic hydroxyl groups excluding tert-OH is 2. The second-order valence-corrected chi connectivity index (χ2v) is 6.60. The highest BCUT2D eigenvalue weighted by atomic mass is 32.1. The number of ether oxygens (including phenoxy) is 2. The second kappa shape index (κ2) is 9.91. The standard InChI is InChI=1S/C18H21NO6S/c1-24-17(22)15-8-7-14(26-15)16(21)13(20)9-10-19-18(23)25-11-12-5-3-2-4-6-12/h2-8,13,16,20-21H,9-11H2,1H3,(H,19,23). The molecule has 2 aromatic rings. The Balaban J connectivity index is 1.72. The Morgan fingerprint density at radius 2 is 1.88 bits per heavy atom. The van der Waals surface area contributed by atoms with Crippen molar-refractivity contribution >= 4 is 23.4 Å². The smallest absolute Gasteiger partial charge is 0.407 e. The lowest BCUT2D eigenvalue weighted by Crippen LogP contribution is -2.29. The van der Waals surface area contributed by atoms with Crippen LogP contribution in [0.2, 0.25) is 0 Å². The summed E-state index contributed by atoms with van der Waals surface area (Å²) in [6.07, 6.45) is -2.71. The van der Waals surface area contributed by atoms with Crippen LogP contribution in [0.4, 0.5) is 4.79 Å². The molecule has 0 fully saturated rings. The summed E-state index contributed by atoms with van der Waals surface area (Å²) >= 11 is 1.05. The van der Waals surface area contributed by atoms with Crippen LogP contribution in [0.3, 0.4) is 0 Å². The molecule has 7 nitrogen and oxygen atoms in total. The number of esters is 1. The molecule has 0 saturated carbocycles. The molecular weight excluding hydrogens is 358 g/mol. The Kier molecular flexibility index (Phi) is 7.58. The second-order valence-electron chi connectivity index (χ2n) is 5.48. The van der Waals surface area contributed by atoms with Gasteiger partial charge in [-0.2, -0.15) is 0 Å². The van der Waals surface area contributed by atoms with E-state index in [-0.39, 0.29) is 19.6 Å². The molecular formula is C18H21NO6S. The van der Waals surface area contributed by atoms with Gasteiger partial charge in [-0.1, -0.05) is 30.3 Å². The van der Waals surface area contributed by atoms with Crippen LogP contribution in [0, 0.1) is 0 Å². The number of aliphatic hydroxyl groups is 2. The van der Waals surface area contributed by atoms with Crippen molar-refractivity contribution in [3.8, 4) is 0 Å². The van der Waals surface area contributed by atoms with E-state index in [0.717, 1.165) is 16.9 Å². The van der Waals surface area contributed by atoms with Gasteiger partial charge in [0.1, 0.15) is 17.6 Å². The summed E-state index contributed by atoms with van der Waals surface area (Å²) < 4.78 is 9.66. The lowest BCUT2D eigenvalue weighted by atomic mass is 10.1. The van der Waals surface area contributed by atoms with Gasteiger partial charge in [-0.15, -0.1) is 11.3 Å². The van der Waals surface area contributed by atoms with E-state index in [4.69, 9.17) is 4.74 Å². The number of alkyl carbamates (subject to hydrolysis) is 1. The van der Waals surface area contributed by atoms with Gasteiger partial charge in [-0.3, -0.25) is 0 Å².